The normalized spacial score (nSPS) is 20.3. The Hall–Kier alpha value is -1.35. The molecule has 1 atom stereocenters. The van der Waals surface area contributed by atoms with Crippen molar-refractivity contribution in [2.75, 3.05) is 25.5 Å². The topological polar surface area (TPSA) is 32.3 Å². The van der Waals surface area contributed by atoms with Gasteiger partial charge in [-0.25, -0.2) is 0 Å². The maximum absolute atomic E-state index is 12.1. The number of piperidine rings is 1. The Morgan fingerprint density at radius 2 is 1.95 bits per heavy atom. The maximum atomic E-state index is 12.1. The van der Waals surface area contributed by atoms with Crippen molar-refractivity contribution in [3.8, 4) is 0 Å². The first-order valence-electron chi connectivity index (χ1n) is 7.93. The first-order valence-corrected chi connectivity index (χ1v) is 7.93. The van der Waals surface area contributed by atoms with E-state index in [0.717, 1.165) is 18.8 Å². The van der Waals surface area contributed by atoms with Gasteiger partial charge in [0.25, 0.3) is 0 Å². The van der Waals surface area contributed by atoms with E-state index in [2.05, 4.69) is 50.2 Å². The van der Waals surface area contributed by atoms with Crippen molar-refractivity contribution >= 4 is 11.6 Å². The van der Waals surface area contributed by atoms with Crippen molar-refractivity contribution < 1.29 is 4.79 Å². The highest BCUT2D eigenvalue weighted by molar-refractivity contribution is 5.90. The maximum Gasteiger partial charge on any atom is 0.224 e. The van der Waals surface area contributed by atoms with Crippen LogP contribution in [0, 0.1) is 5.92 Å². The lowest BCUT2D eigenvalue weighted by Crippen LogP contribution is -2.34. The molecule has 1 heterocycles. The summed E-state index contributed by atoms with van der Waals surface area (Å²) >= 11 is 0. The quantitative estimate of drug-likeness (QED) is 0.920. The zero-order valence-corrected chi connectivity index (χ0v) is 13.8. The number of carbonyl (C=O) groups is 1. The van der Waals surface area contributed by atoms with Gasteiger partial charge in [0.15, 0.2) is 0 Å². The highest BCUT2D eigenvalue weighted by Crippen LogP contribution is 2.24. The molecule has 1 N–H and O–H groups in total. The number of rotatable bonds is 3. The van der Waals surface area contributed by atoms with Crippen molar-refractivity contribution in [1.29, 1.82) is 0 Å². The minimum absolute atomic E-state index is 0.138. The molecule has 3 heteroatoms. The smallest absolute Gasteiger partial charge is 0.224 e. The van der Waals surface area contributed by atoms with Gasteiger partial charge in [-0.1, -0.05) is 32.9 Å². The molecule has 3 nitrogen and oxygen atoms in total. The molecule has 0 aromatic heterocycles. The van der Waals surface area contributed by atoms with Gasteiger partial charge in [-0.05, 0) is 55.5 Å². The van der Waals surface area contributed by atoms with Crippen LogP contribution in [0.1, 0.15) is 45.6 Å². The first-order chi connectivity index (χ1) is 9.84. The van der Waals surface area contributed by atoms with E-state index in [1.54, 1.807) is 0 Å². The molecule has 0 bridgehead atoms. The number of amides is 1. The van der Waals surface area contributed by atoms with E-state index >= 15 is 0 Å². The molecular weight excluding hydrogens is 260 g/mol. The van der Waals surface area contributed by atoms with E-state index in [0.29, 0.717) is 12.3 Å². The van der Waals surface area contributed by atoms with Crippen LogP contribution < -0.4 is 5.32 Å². The summed E-state index contributed by atoms with van der Waals surface area (Å²) in [7, 11) is 2.13. The molecule has 116 valence electrons. The molecule has 1 aliphatic rings. The minimum Gasteiger partial charge on any atom is -0.326 e. The monoisotopic (exact) mass is 288 g/mol. The molecule has 1 aromatic rings. The number of nitrogens with one attached hydrogen (secondary N) is 1. The molecule has 21 heavy (non-hydrogen) atoms. The Morgan fingerprint density at radius 3 is 2.52 bits per heavy atom. The molecule has 0 spiro atoms. The van der Waals surface area contributed by atoms with Gasteiger partial charge in [0.1, 0.15) is 0 Å². The summed E-state index contributed by atoms with van der Waals surface area (Å²) in [6.07, 6.45) is 3.00. The van der Waals surface area contributed by atoms with Crippen molar-refractivity contribution in [3.05, 3.63) is 29.8 Å². The fourth-order valence-corrected chi connectivity index (χ4v) is 2.97. The molecular formula is C18H28N2O. The van der Waals surface area contributed by atoms with Crippen molar-refractivity contribution in [1.82, 2.24) is 4.90 Å². The summed E-state index contributed by atoms with van der Waals surface area (Å²) in [5.74, 6) is 0.636. The van der Waals surface area contributed by atoms with E-state index in [-0.39, 0.29) is 11.3 Å². The van der Waals surface area contributed by atoms with Crippen molar-refractivity contribution in [2.24, 2.45) is 5.92 Å². The summed E-state index contributed by atoms with van der Waals surface area (Å²) in [6, 6.07) is 8.21. The van der Waals surface area contributed by atoms with Crippen LogP contribution in [0.25, 0.3) is 0 Å². The van der Waals surface area contributed by atoms with E-state index in [9.17, 15) is 4.79 Å². The lowest BCUT2D eigenvalue weighted by Gasteiger charge is -2.29. The Kier molecular flexibility index (Phi) is 5.04. The van der Waals surface area contributed by atoms with Crippen LogP contribution >= 0.6 is 0 Å². The highest BCUT2D eigenvalue weighted by Gasteiger charge is 2.20. The SMILES string of the molecule is CN1CCCC(CC(=O)Nc2ccc(C(C)(C)C)cc2)C1. The second-order valence-corrected chi connectivity index (χ2v) is 7.35. The van der Waals surface area contributed by atoms with Crippen LogP contribution in [-0.2, 0) is 10.2 Å². The van der Waals surface area contributed by atoms with Gasteiger partial charge in [-0.3, -0.25) is 4.79 Å². The summed E-state index contributed by atoms with van der Waals surface area (Å²) in [5.41, 5.74) is 2.33. The lowest BCUT2D eigenvalue weighted by molar-refractivity contribution is -0.117. The summed E-state index contributed by atoms with van der Waals surface area (Å²) in [6.45, 7) is 8.78. The minimum atomic E-state index is 0.138. The zero-order chi connectivity index (χ0) is 15.5. The number of hydrogen-bond donors (Lipinski definition) is 1. The van der Waals surface area contributed by atoms with E-state index in [1.165, 1.54) is 18.4 Å². The van der Waals surface area contributed by atoms with Crippen LogP contribution in [0.3, 0.4) is 0 Å². The van der Waals surface area contributed by atoms with Gasteiger partial charge in [0, 0.05) is 18.7 Å². The Balaban J connectivity index is 1.87. The van der Waals surface area contributed by atoms with Gasteiger partial charge < -0.3 is 10.2 Å². The van der Waals surface area contributed by atoms with Crippen LogP contribution in [0.15, 0.2) is 24.3 Å². The van der Waals surface area contributed by atoms with Crippen LogP contribution in [0.5, 0.6) is 0 Å². The molecule has 0 saturated carbocycles. The van der Waals surface area contributed by atoms with Crippen molar-refractivity contribution in [3.63, 3.8) is 0 Å². The van der Waals surface area contributed by atoms with Gasteiger partial charge in [0.05, 0.1) is 0 Å². The summed E-state index contributed by atoms with van der Waals surface area (Å²) in [5, 5.41) is 3.03. The van der Waals surface area contributed by atoms with Gasteiger partial charge >= 0.3 is 0 Å². The molecule has 1 unspecified atom stereocenters. The third-order valence-corrected chi connectivity index (χ3v) is 4.23. The lowest BCUT2D eigenvalue weighted by atomic mass is 9.87. The van der Waals surface area contributed by atoms with E-state index < -0.39 is 0 Å². The van der Waals surface area contributed by atoms with Gasteiger partial charge in [-0.2, -0.15) is 0 Å². The molecule has 0 radical (unpaired) electrons. The molecule has 1 fully saturated rings. The summed E-state index contributed by atoms with van der Waals surface area (Å²) < 4.78 is 0. The number of nitrogens with zero attached hydrogens (tertiary/aromatic N) is 1. The second kappa shape index (κ2) is 6.61. The number of hydrogen-bond acceptors (Lipinski definition) is 2. The number of benzene rings is 1. The highest BCUT2D eigenvalue weighted by atomic mass is 16.1. The van der Waals surface area contributed by atoms with Gasteiger partial charge in [0.2, 0.25) is 5.91 Å². The van der Waals surface area contributed by atoms with E-state index in [1.807, 2.05) is 12.1 Å². The molecule has 0 aliphatic carbocycles. The number of carbonyl (C=O) groups excluding carboxylic acids is 1. The zero-order valence-electron chi connectivity index (χ0n) is 13.8. The fraction of sp³-hybridized carbons (Fsp3) is 0.611. The Bertz CT molecular complexity index is 473. The molecule has 1 aromatic carbocycles. The van der Waals surface area contributed by atoms with Crippen LogP contribution in [-0.4, -0.2) is 30.9 Å². The standard InChI is InChI=1S/C18H28N2O/c1-18(2,3)15-7-9-16(10-8-15)19-17(21)12-14-6-5-11-20(4)13-14/h7-10,14H,5-6,11-13H2,1-4H3,(H,19,21). The average Bonchev–Trinajstić information content (AvgIpc) is 2.38. The molecule has 1 aliphatic heterocycles. The first kappa shape index (κ1) is 16.0. The Morgan fingerprint density at radius 1 is 1.29 bits per heavy atom. The second-order valence-electron chi connectivity index (χ2n) is 7.35. The van der Waals surface area contributed by atoms with Crippen LogP contribution in [0.2, 0.25) is 0 Å². The third-order valence-electron chi connectivity index (χ3n) is 4.23. The van der Waals surface area contributed by atoms with E-state index in [4.69, 9.17) is 0 Å². The largest absolute Gasteiger partial charge is 0.326 e. The molecule has 1 saturated heterocycles. The average molecular weight is 288 g/mol. The fourth-order valence-electron chi connectivity index (χ4n) is 2.97. The third kappa shape index (κ3) is 4.85. The predicted molar refractivity (Wildman–Crippen MR) is 88.6 cm³/mol. The van der Waals surface area contributed by atoms with Crippen LogP contribution in [0.4, 0.5) is 5.69 Å². The number of anilines is 1. The van der Waals surface area contributed by atoms with Crippen molar-refractivity contribution in [2.45, 2.75) is 45.4 Å². The molecule has 2 rings (SSSR count). The Labute approximate surface area is 128 Å². The summed E-state index contributed by atoms with van der Waals surface area (Å²) in [4.78, 5) is 14.5. The number of likely N-dealkylation sites (tertiary alicyclic amines) is 1. The predicted octanol–water partition coefficient (Wildman–Crippen LogP) is 3.65. The van der Waals surface area contributed by atoms with Gasteiger partial charge in [-0.15, -0.1) is 0 Å². The molecule has 1 amide bonds.